The van der Waals surface area contributed by atoms with Crippen molar-refractivity contribution in [3.8, 4) is 0 Å². The fourth-order valence-electron chi connectivity index (χ4n) is 4.08. The van der Waals surface area contributed by atoms with Crippen molar-refractivity contribution >= 4 is 23.2 Å². The Hall–Kier alpha value is -2.29. The summed E-state index contributed by atoms with van der Waals surface area (Å²) in [6, 6.07) is 9.10. The van der Waals surface area contributed by atoms with E-state index in [4.69, 9.17) is 5.21 Å². The maximum Gasteiger partial charge on any atom is 0.248 e. The number of carbonyl (C=O) groups is 2. The Morgan fingerprint density at radius 3 is 2.83 bits per heavy atom. The topological polar surface area (TPSA) is 81.7 Å². The highest BCUT2D eigenvalue weighted by Crippen LogP contribution is 2.40. The number of nitrogens with zero attached hydrogens (tertiary/aromatic N) is 1. The van der Waals surface area contributed by atoms with Crippen LogP contribution in [-0.2, 0) is 29.0 Å². The lowest BCUT2D eigenvalue weighted by Gasteiger charge is -2.27. The molecule has 1 aromatic heterocycles. The Kier molecular flexibility index (Phi) is 6.46. The number of halogens is 1. The first-order valence-corrected chi connectivity index (χ1v) is 11.1. The van der Waals surface area contributed by atoms with Crippen LogP contribution >= 0.6 is 11.3 Å². The molecule has 2 amide bonds. The maximum atomic E-state index is 13.0. The van der Waals surface area contributed by atoms with Gasteiger partial charge in [0, 0.05) is 41.2 Å². The number of benzene rings is 1. The molecule has 2 aliphatic rings. The Morgan fingerprint density at radius 1 is 1.27 bits per heavy atom. The largest absolute Gasteiger partial charge is 0.338 e. The van der Waals surface area contributed by atoms with E-state index in [-0.39, 0.29) is 18.1 Å². The van der Waals surface area contributed by atoms with Crippen LogP contribution in [-0.4, -0.2) is 41.1 Å². The van der Waals surface area contributed by atoms with Crippen molar-refractivity contribution in [1.82, 2.24) is 15.7 Å². The molecule has 1 saturated carbocycles. The van der Waals surface area contributed by atoms with E-state index in [0.717, 1.165) is 36.2 Å². The van der Waals surface area contributed by atoms with E-state index in [9.17, 15) is 14.0 Å². The fraction of sp³-hybridized carbons (Fsp3) is 0.455. The van der Waals surface area contributed by atoms with Gasteiger partial charge in [-0.05, 0) is 55.1 Å². The quantitative estimate of drug-likeness (QED) is 0.341. The first-order valence-electron chi connectivity index (χ1n) is 10.3. The minimum atomic E-state index is -0.425. The minimum Gasteiger partial charge on any atom is -0.338 e. The van der Waals surface area contributed by atoms with E-state index in [1.807, 2.05) is 23.1 Å². The molecule has 8 heteroatoms. The second kappa shape index (κ2) is 9.24. The van der Waals surface area contributed by atoms with Crippen LogP contribution in [0.5, 0.6) is 0 Å². The van der Waals surface area contributed by atoms with Crippen LogP contribution in [0.2, 0.25) is 0 Å². The number of carbonyl (C=O) groups excluding carboxylic acids is 2. The van der Waals surface area contributed by atoms with E-state index < -0.39 is 5.91 Å². The molecule has 0 radical (unpaired) electrons. The summed E-state index contributed by atoms with van der Waals surface area (Å²) < 4.78 is 13.0. The number of rotatable bonds is 8. The van der Waals surface area contributed by atoms with Gasteiger partial charge in [-0.3, -0.25) is 14.8 Å². The second-order valence-electron chi connectivity index (χ2n) is 8.00. The Morgan fingerprint density at radius 2 is 2.07 bits per heavy atom. The smallest absolute Gasteiger partial charge is 0.248 e. The van der Waals surface area contributed by atoms with Gasteiger partial charge < -0.3 is 10.2 Å². The number of hydrogen-bond donors (Lipinski definition) is 3. The zero-order valence-electron chi connectivity index (χ0n) is 16.7. The first-order chi connectivity index (χ1) is 14.5. The van der Waals surface area contributed by atoms with Crippen LogP contribution in [0.4, 0.5) is 4.39 Å². The summed E-state index contributed by atoms with van der Waals surface area (Å²) in [6.07, 6.45) is 3.34. The number of nitrogens with one attached hydrogen (secondary N) is 2. The van der Waals surface area contributed by atoms with Gasteiger partial charge in [0.1, 0.15) is 5.82 Å². The van der Waals surface area contributed by atoms with Crippen molar-refractivity contribution in [3.05, 3.63) is 57.0 Å². The van der Waals surface area contributed by atoms with Crippen LogP contribution in [0.25, 0.3) is 0 Å². The molecule has 2 heterocycles. The lowest BCUT2D eigenvalue weighted by molar-refractivity contribution is -0.132. The van der Waals surface area contributed by atoms with Crippen LogP contribution in [0.1, 0.15) is 46.1 Å². The monoisotopic (exact) mass is 431 g/mol. The van der Waals surface area contributed by atoms with Crippen molar-refractivity contribution in [2.24, 2.45) is 0 Å². The molecule has 4 rings (SSSR count). The predicted molar refractivity (Wildman–Crippen MR) is 112 cm³/mol. The number of thiophene rings is 1. The molecular formula is C22H26FN3O3S. The van der Waals surface area contributed by atoms with E-state index >= 15 is 0 Å². The maximum absolute atomic E-state index is 13.0. The highest BCUT2D eigenvalue weighted by molar-refractivity contribution is 7.12. The van der Waals surface area contributed by atoms with Gasteiger partial charge in [0.2, 0.25) is 11.8 Å². The number of hydroxylamine groups is 1. The molecule has 1 fully saturated rings. The van der Waals surface area contributed by atoms with Crippen LogP contribution in [0.3, 0.4) is 0 Å². The van der Waals surface area contributed by atoms with Gasteiger partial charge in [-0.15, -0.1) is 11.3 Å². The van der Waals surface area contributed by atoms with Gasteiger partial charge in [-0.2, -0.15) is 0 Å². The molecule has 160 valence electrons. The summed E-state index contributed by atoms with van der Waals surface area (Å²) in [5.41, 5.74) is 3.94. The normalized spacial score (nSPS) is 20.0. The molecule has 1 aliphatic heterocycles. The van der Waals surface area contributed by atoms with Gasteiger partial charge in [0.05, 0.1) is 6.42 Å². The number of fused-ring (bicyclic) bond motifs is 1. The molecule has 2 aromatic rings. The predicted octanol–water partition coefficient (Wildman–Crippen LogP) is 2.75. The summed E-state index contributed by atoms with van der Waals surface area (Å²) in [6.45, 7) is 2.10. The minimum absolute atomic E-state index is 0.161. The molecule has 30 heavy (non-hydrogen) atoms. The van der Waals surface area contributed by atoms with Crippen molar-refractivity contribution in [2.75, 3.05) is 13.1 Å². The van der Waals surface area contributed by atoms with Crippen molar-refractivity contribution in [3.63, 3.8) is 0 Å². The highest BCUT2D eigenvalue weighted by Gasteiger charge is 2.37. The molecule has 0 bridgehead atoms. The molecule has 3 N–H and O–H groups in total. The molecule has 0 saturated heterocycles. The molecule has 6 nitrogen and oxygen atoms in total. The van der Waals surface area contributed by atoms with E-state index in [0.29, 0.717) is 31.5 Å². The number of amides is 2. The standard InChI is InChI=1S/C22H26FN3O3S/c23-16-5-3-14(4-6-16)18-12-19(18)24-8-1-2-22(28)26-9-7-20-15(13-26)10-17(30-20)11-21(27)25-29/h3-6,10,18-19,24,29H,1-2,7-9,11-13H2,(H,25,27). The van der Waals surface area contributed by atoms with Crippen molar-refractivity contribution < 1.29 is 19.2 Å². The van der Waals surface area contributed by atoms with Gasteiger partial charge in [0.25, 0.3) is 0 Å². The summed E-state index contributed by atoms with van der Waals surface area (Å²) in [7, 11) is 0. The fourth-order valence-corrected chi connectivity index (χ4v) is 5.25. The highest BCUT2D eigenvalue weighted by atomic mass is 32.1. The summed E-state index contributed by atoms with van der Waals surface area (Å²) in [5.74, 6) is -0.0235. The molecule has 2 atom stereocenters. The Bertz CT molecular complexity index is 915. The third-order valence-electron chi connectivity index (χ3n) is 5.79. The molecule has 1 aliphatic carbocycles. The van der Waals surface area contributed by atoms with Crippen molar-refractivity contribution in [1.29, 1.82) is 0 Å². The van der Waals surface area contributed by atoms with Gasteiger partial charge in [-0.1, -0.05) is 12.1 Å². The average molecular weight is 432 g/mol. The molecule has 0 spiro atoms. The van der Waals surface area contributed by atoms with Gasteiger partial charge in [-0.25, -0.2) is 9.87 Å². The zero-order valence-corrected chi connectivity index (χ0v) is 17.5. The molecule has 2 unspecified atom stereocenters. The summed E-state index contributed by atoms with van der Waals surface area (Å²) in [5, 5.41) is 12.2. The van der Waals surface area contributed by atoms with Crippen LogP contribution in [0, 0.1) is 5.82 Å². The van der Waals surface area contributed by atoms with E-state index in [1.54, 1.807) is 16.8 Å². The van der Waals surface area contributed by atoms with Crippen molar-refractivity contribution in [2.45, 2.75) is 50.6 Å². The average Bonchev–Trinajstić information content (AvgIpc) is 3.41. The van der Waals surface area contributed by atoms with Gasteiger partial charge in [0.15, 0.2) is 0 Å². The summed E-state index contributed by atoms with van der Waals surface area (Å²) in [4.78, 5) is 27.9. The Balaban J connectivity index is 1.17. The zero-order chi connectivity index (χ0) is 21.1. The summed E-state index contributed by atoms with van der Waals surface area (Å²) >= 11 is 1.58. The lowest BCUT2D eigenvalue weighted by atomic mass is 10.1. The van der Waals surface area contributed by atoms with Crippen LogP contribution < -0.4 is 10.8 Å². The third kappa shape index (κ3) is 5.06. The lowest BCUT2D eigenvalue weighted by Crippen LogP contribution is -2.35. The third-order valence-corrected chi connectivity index (χ3v) is 7.03. The Labute approximate surface area is 179 Å². The molecule has 1 aromatic carbocycles. The van der Waals surface area contributed by atoms with Crippen LogP contribution in [0.15, 0.2) is 30.3 Å². The molecular weight excluding hydrogens is 405 g/mol. The first kappa shape index (κ1) is 21.0. The SMILES string of the molecule is O=C(Cc1cc2c(s1)CCN(C(=O)CCCNC1CC1c1ccc(F)cc1)C2)NO. The van der Waals surface area contributed by atoms with E-state index in [1.165, 1.54) is 22.6 Å². The van der Waals surface area contributed by atoms with Gasteiger partial charge >= 0.3 is 0 Å². The number of hydrogen-bond acceptors (Lipinski definition) is 5. The van der Waals surface area contributed by atoms with E-state index in [2.05, 4.69) is 5.32 Å². The second-order valence-corrected chi connectivity index (χ2v) is 9.22.